The summed E-state index contributed by atoms with van der Waals surface area (Å²) in [5.41, 5.74) is 0. The molecule has 0 spiro atoms. The van der Waals surface area contributed by atoms with E-state index in [1.165, 1.54) is 6.42 Å². The third-order valence-corrected chi connectivity index (χ3v) is 1.74. The van der Waals surface area contributed by atoms with Gasteiger partial charge in [0.25, 0.3) is 0 Å². The molecule has 0 radical (unpaired) electrons. The molecule has 2 heteroatoms. The lowest BCUT2D eigenvalue weighted by Crippen LogP contribution is -2.21. The largest absolute Gasteiger partial charge is 0.396 e. The Hall–Kier alpha value is -0.0800. The maximum atomic E-state index is 8.66. The molecule has 0 aliphatic rings. The summed E-state index contributed by atoms with van der Waals surface area (Å²) in [6, 6.07) is 0. The van der Waals surface area contributed by atoms with Crippen LogP contribution in [0.25, 0.3) is 0 Å². The highest BCUT2D eigenvalue weighted by Crippen LogP contribution is 2.07. The molecule has 0 aromatic heterocycles. The minimum atomic E-state index is 0.326. The fourth-order valence-electron chi connectivity index (χ4n) is 1.12. The molecule has 1 N–H and O–H groups in total. The quantitative estimate of drug-likeness (QED) is 0.690. The molecule has 0 aromatic carbocycles. The van der Waals surface area contributed by atoms with Crippen molar-refractivity contribution in [2.45, 2.75) is 33.6 Å². The number of aliphatic hydroxyl groups excluding tert-OH is 1. The molecule has 0 saturated heterocycles. The van der Waals surface area contributed by atoms with Crippen LogP contribution < -0.4 is 0 Å². The van der Waals surface area contributed by atoms with Crippen LogP contribution in [0.1, 0.15) is 33.6 Å². The molecule has 0 amide bonds. The van der Waals surface area contributed by atoms with E-state index in [9.17, 15) is 0 Å². The van der Waals surface area contributed by atoms with E-state index in [0.717, 1.165) is 13.0 Å². The van der Waals surface area contributed by atoms with E-state index in [0.29, 0.717) is 12.5 Å². The van der Waals surface area contributed by atoms with Crippen molar-refractivity contribution in [3.8, 4) is 0 Å². The highest BCUT2D eigenvalue weighted by molar-refractivity contribution is 4.58. The number of hydrogen-bond donors (Lipinski definition) is 1. The van der Waals surface area contributed by atoms with Gasteiger partial charge in [-0.15, -0.1) is 0 Å². The Labute approximate surface area is 77.6 Å². The van der Waals surface area contributed by atoms with Crippen LogP contribution in [0.2, 0.25) is 0 Å². The first-order chi connectivity index (χ1) is 5.70. The molecule has 12 heavy (non-hydrogen) atoms. The number of aliphatic hydroxyl groups is 1. The summed E-state index contributed by atoms with van der Waals surface area (Å²) in [5, 5.41) is 8.66. The number of nitrogens with zero attached hydrogens (tertiary/aromatic N) is 1. The molecule has 0 heterocycles. The normalized spacial score (nSPS) is 12.2. The van der Waals surface area contributed by atoms with Crippen LogP contribution in [-0.4, -0.2) is 37.3 Å². The van der Waals surface area contributed by atoms with Crippen molar-refractivity contribution in [1.82, 2.24) is 4.90 Å². The zero-order valence-electron chi connectivity index (χ0n) is 9.30. The fourth-order valence-corrected chi connectivity index (χ4v) is 1.12. The van der Waals surface area contributed by atoms with E-state index >= 15 is 0 Å². The molecule has 0 aliphatic heterocycles. The summed E-state index contributed by atoms with van der Waals surface area (Å²) >= 11 is 0. The SMILES string of the molecule is CC.CCC(CCO)CN(C)C. The molecular weight excluding hydrogens is 150 g/mol. The first-order valence-corrected chi connectivity index (χ1v) is 4.96. The van der Waals surface area contributed by atoms with Gasteiger partial charge >= 0.3 is 0 Å². The Kier molecular flexibility index (Phi) is 13.1. The van der Waals surface area contributed by atoms with E-state index in [1.54, 1.807) is 0 Å². The van der Waals surface area contributed by atoms with Crippen LogP contribution in [0, 0.1) is 5.92 Å². The second kappa shape index (κ2) is 10.9. The van der Waals surface area contributed by atoms with Gasteiger partial charge in [-0.25, -0.2) is 0 Å². The Morgan fingerprint density at radius 2 is 1.75 bits per heavy atom. The zero-order chi connectivity index (χ0) is 9.98. The molecule has 1 atom stereocenters. The predicted octanol–water partition coefficient (Wildman–Crippen LogP) is 1.98. The van der Waals surface area contributed by atoms with Gasteiger partial charge in [-0.3, -0.25) is 0 Å². The van der Waals surface area contributed by atoms with Gasteiger partial charge < -0.3 is 10.0 Å². The Bertz CT molecular complexity index is 74.2. The van der Waals surface area contributed by atoms with Crippen molar-refractivity contribution < 1.29 is 5.11 Å². The third-order valence-electron chi connectivity index (χ3n) is 1.74. The van der Waals surface area contributed by atoms with Crippen LogP contribution in [0.3, 0.4) is 0 Å². The molecule has 0 aromatic rings. The van der Waals surface area contributed by atoms with Crippen molar-refractivity contribution in [2.75, 3.05) is 27.2 Å². The lowest BCUT2D eigenvalue weighted by atomic mass is 10.0. The summed E-state index contributed by atoms with van der Waals surface area (Å²) in [7, 11) is 4.14. The smallest absolute Gasteiger partial charge is 0.0434 e. The minimum Gasteiger partial charge on any atom is -0.396 e. The number of hydrogen-bond acceptors (Lipinski definition) is 2. The summed E-state index contributed by atoms with van der Waals surface area (Å²) in [6.45, 7) is 7.59. The van der Waals surface area contributed by atoms with E-state index in [-0.39, 0.29) is 0 Å². The van der Waals surface area contributed by atoms with Gasteiger partial charge in [0.05, 0.1) is 0 Å². The van der Waals surface area contributed by atoms with E-state index in [4.69, 9.17) is 5.11 Å². The van der Waals surface area contributed by atoms with Crippen LogP contribution in [0.15, 0.2) is 0 Å². The average molecular weight is 175 g/mol. The minimum absolute atomic E-state index is 0.326. The van der Waals surface area contributed by atoms with E-state index in [2.05, 4.69) is 25.9 Å². The molecular formula is C10H25NO. The predicted molar refractivity (Wildman–Crippen MR) is 55.4 cm³/mol. The fraction of sp³-hybridized carbons (Fsp3) is 1.00. The first-order valence-electron chi connectivity index (χ1n) is 4.96. The maximum absolute atomic E-state index is 8.66. The summed E-state index contributed by atoms with van der Waals surface area (Å²) < 4.78 is 0. The van der Waals surface area contributed by atoms with Gasteiger partial charge in [0.1, 0.15) is 0 Å². The molecule has 76 valence electrons. The highest BCUT2D eigenvalue weighted by Gasteiger charge is 2.05. The zero-order valence-corrected chi connectivity index (χ0v) is 9.30. The van der Waals surface area contributed by atoms with Crippen molar-refractivity contribution in [3.05, 3.63) is 0 Å². The van der Waals surface area contributed by atoms with Gasteiger partial charge in [-0.05, 0) is 26.4 Å². The van der Waals surface area contributed by atoms with Gasteiger partial charge in [-0.2, -0.15) is 0 Å². The number of rotatable bonds is 5. The standard InChI is InChI=1S/C8H19NO.C2H6/c1-4-8(5-6-10)7-9(2)3;1-2/h8,10H,4-7H2,1-3H3;1-2H3. The average Bonchev–Trinajstić information content (AvgIpc) is 2.07. The van der Waals surface area contributed by atoms with Gasteiger partial charge in [0, 0.05) is 13.2 Å². The molecule has 0 aliphatic carbocycles. The second-order valence-electron chi connectivity index (χ2n) is 3.05. The lowest BCUT2D eigenvalue weighted by molar-refractivity contribution is 0.226. The van der Waals surface area contributed by atoms with Crippen LogP contribution >= 0.6 is 0 Å². The summed E-state index contributed by atoms with van der Waals surface area (Å²) in [4.78, 5) is 2.17. The Morgan fingerprint density at radius 3 is 2.00 bits per heavy atom. The van der Waals surface area contributed by atoms with E-state index < -0.39 is 0 Å². The van der Waals surface area contributed by atoms with Crippen molar-refractivity contribution in [1.29, 1.82) is 0 Å². The molecule has 1 unspecified atom stereocenters. The summed E-state index contributed by atoms with van der Waals surface area (Å²) in [5.74, 6) is 0.667. The lowest BCUT2D eigenvalue weighted by Gasteiger charge is -2.17. The van der Waals surface area contributed by atoms with Crippen LogP contribution in [0.5, 0.6) is 0 Å². The van der Waals surface area contributed by atoms with Crippen molar-refractivity contribution >= 4 is 0 Å². The maximum Gasteiger partial charge on any atom is 0.0434 e. The molecule has 2 nitrogen and oxygen atoms in total. The van der Waals surface area contributed by atoms with Crippen molar-refractivity contribution in [2.24, 2.45) is 5.92 Å². The first kappa shape index (κ1) is 14.4. The molecule has 0 saturated carbocycles. The van der Waals surface area contributed by atoms with Gasteiger partial charge in [0.2, 0.25) is 0 Å². The van der Waals surface area contributed by atoms with Crippen molar-refractivity contribution in [3.63, 3.8) is 0 Å². The Balaban J connectivity index is 0. The molecule has 0 fully saturated rings. The molecule has 0 bridgehead atoms. The summed E-state index contributed by atoms with van der Waals surface area (Å²) in [6.07, 6.45) is 2.10. The topological polar surface area (TPSA) is 23.5 Å². The monoisotopic (exact) mass is 175 g/mol. The second-order valence-corrected chi connectivity index (χ2v) is 3.05. The van der Waals surface area contributed by atoms with Gasteiger partial charge in [0.15, 0.2) is 0 Å². The van der Waals surface area contributed by atoms with Crippen LogP contribution in [-0.2, 0) is 0 Å². The Morgan fingerprint density at radius 1 is 1.25 bits per heavy atom. The van der Waals surface area contributed by atoms with Crippen LogP contribution in [0.4, 0.5) is 0 Å². The molecule has 0 rings (SSSR count). The highest BCUT2D eigenvalue weighted by atomic mass is 16.3. The third kappa shape index (κ3) is 9.92. The van der Waals surface area contributed by atoms with E-state index in [1.807, 2.05) is 13.8 Å². The van der Waals surface area contributed by atoms with Gasteiger partial charge in [-0.1, -0.05) is 27.2 Å².